The van der Waals surface area contributed by atoms with Crippen LogP contribution in [-0.4, -0.2) is 78.2 Å². The number of carbonyl (C=O) groups is 5. The van der Waals surface area contributed by atoms with Gasteiger partial charge in [-0.25, -0.2) is 4.79 Å². The van der Waals surface area contributed by atoms with Crippen molar-refractivity contribution in [1.82, 2.24) is 31.2 Å². The second kappa shape index (κ2) is 14.1. The van der Waals surface area contributed by atoms with Crippen LogP contribution in [0.1, 0.15) is 48.0 Å². The Bertz CT molecular complexity index is 1520. The molecule has 1 aliphatic heterocycles. The Morgan fingerprint density at radius 1 is 1.00 bits per heavy atom. The molecule has 44 heavy (non-hydrogen) atoms. The Morgan fingerprint density at radius 2 is 1.77 bits per heavy atom. The highest BCUT2D eigenvalue weighted by atomic mass is 16.5. The SMILES string of the molecule is COc1cccc2[nH]cc(C(=O)NC(CC3CCCC3)C(=O)NC(CN3CCNC3=O)C(=O)C(=O)NCc3ccccc3)c12. The molecule has 2 unspecified atom stereocenters. The summed E-state index contributed by atoms with van der Waals surface area (Å²) < 4.78 is 5.47. The Kier molecular flexibility index (Phi) is 9.78. The number of H-pyrrole nitrogens is 1. The molecule has 5 amide bonds. The third kappa shape index (κ3) is 7.19. The molecular formula is C32H38N6O6. The van der Waals surface area contributed by atoms with Gasteiger partial charge in [0.15, 0.2) is 0 Å². The first-order chi connectivity index (χ1) is 21.3. The van der Waals surface area contributed by atoms with Crippen LogP contribution < -0.4 is 26.0 Å². The molecule has 232 valence electrons. The number of aromatic nitrogens is 1. The molecule has 1 aromatic heterocycles. The summed E-state index contributed by atoms with van der Waals surface area (Å²) in [7, 11) is 1.52. The molecule has 0 spiro atoms. The third-order valence-corrected chi connectivity index (χ3v) is 8.30. The maximum atomic E-state index is 13.8. The number of ketones is 1. The molecule has 1 saturated heterocycles. The van der Waals surface area contributed by atoms with Crippen LogP contribution in [0.2, 0.25) is 0 Å². The average molecular weight is 603 g/mol. The van der Waals surface area contributed by atoms with Crippen LogP contribution >= 0.6 is 0 Å². The summed E-state index contributed by atoms with van der Waals surface area (Å²) in [6, 6.07) is 11.9. The number of hydrogen-bond donors (Lipinski definition) is 5. The number of urea groups is 1. The van der Waals surface area contributed by atoms with Gasteiger partial charge in [-0.2, -0.15) is 0 Å². The first-order valence-corrected chi connectivity index (χ1v) is 15.0. The molecule has 5 rings (SSSR count). The Hall–Kier alpha value is -4.87. The quantitative estimate of drug-likeness (QED) is 0.189. The molecule has 2 aromatic carbocycles. The van der Waals surface area contributed by atoms with Crippen molar-refractivity contribution in [2.45, 2.75) is 50.7 Å². The largest absolute Gasteiger partial charge is 0.496 e. The fourth-order valence-corrected chi connectivity index (χ4v) is 5.94. The minimum absolute atomic E-state index is 0.130. The summed E-state index contributed by atoms with van der Waals surface area (Å²) in [5.74, 6) is -2.08. The van der Waals surface area contributed by atoms with E-state index in [1.807, 2.05) is 42.5 Å². The molecule has 0 radical (unpaired) electrons. The minimum Gasteiger partial charge on any atom is -0.496 e. The second-order valence-corrected chi connectivity index (χ2v) is 11.3. The molecule has 2 atom stereocenters. The van der Waals surface area contributed by atoms with Gasteiger partial charge in [0.05, 0.1) is 24.6 Å². The molecular weight excluding hydrogens is 564 g/mol. The number of nitrogens with one attached hydrogen (secondary N) is 5. The number of methoxy groups -OCH3 is 1. The Morgan fingerprint density at radius 3 is 2.48 bits per heavy atom. The zero-order valence-corrected chi connectivity index (χ0v) is 24.7. The van der Waals surface area contributed by atoms with Crippen molar-refractivity contribution in [1.29, 1.82) is 0 Å². The summed E-state index contributed by atoms with van der Waals surface area (Å²) in [5.41, 5.74) is 1.84. The van der Waals surface area contributed by atoms with E-state index in [0.717, 1.165) is 31.2 Å². The van der Waals surface area contributed by atoms with Crippen LogP contribution in [0.3, 0.4) is 0 Å². The van der Waals surface area contributed by atoms with E-state index >= 15 is 0 Å². The number of Topliss-reactive ketones (excluding diaryl/α,β-unsaturated/α-hetero) is 1. The molecule has 2 heterocycles. The zero-order valence-electron chi connectivity index (χ0n) is 24.7. The number of fused-ring (bicyclic) bond motifs is 1. The summed E-state index contributed by atoms with van der Waals surface area (Å²) in [6.45, 7) is 0.667. The Balaban J connectivity index is 1.34. The van der Waals surface area contributed by atoms with Gasteiger partial charge in [-0.1, -0.05) is 62.1 Å². The molecule has 12 heteroatoms. The molecule has 1 saturated carbocycles. The van der Waals surface area contributed by atoms with Gasteiger partial charge in [0.1, 0.15) is 17.8 Å². The highest BCUT2D eigenvalue weighted by molar-refractivity contribution is 6.38. The van der Waals surface area contributed by atoms with Crippen molar-refractivity contribution < 1.29 is 28.7 Å². The van der Waals surface area contributed by atoms with Crippen LogP contribution in [-0.2, 0) is 20.9 Å². The van der Waals surface area contributed by atoms with Gasteiger partial charge >= 0.3 is 6.03 Å². The zero-order chi connectivity index (χ0) is 31.1. The molecule has 0 bridgehead atoms. The number of carbonyl (C=O) groups excluding carboxylic acids is 5. The fourth-order valence-electron chi connectivity index (χ4n) is 5.94. The predicted octanol–water partition coefficient (Wildman–Crippen LogP) is 2.25. The number of rotatable bonds is 13. The predicted molar refractivity (Wildman–Crippen MR) is 163 cm³/mol. The van der Waals surface area contributed by atoms with E-state index in [1.165, 1.54) is 12.0 Å². The summed E-state index contributed by atoms with van der Waals surface area (Å²) in [5, 5.41) is 11.5. The van der Waals surface area contributed by atoms with Gasteiger partial charge in [0.2, 0.25) is 11.7 Å². The molecule has 5 N–H and O–H groups in total. The van der Waals surface area contributed by atoms with Crippen molar-refractivity contribution in [3.05, 3.63) is 65.9 Å². The van der Waals surface area contributed by atoms with Gasteiger partial charge in [0.25, 0.3) is 11.8 Å². The van der Waals surface area contributed by atoms with E-state index < -0.39 is 35.6 Å². The number of amides is 5. The van der Waals surface area contributed by atoms with Crippen LogP contribution in [0.4, 0.5) is 4.79 Å². The van der Waals surface area contributed by atoms with E-state index in [4.69, 9.17) is 4.74 Å². The second-order valence-electron chi connectivity index (χ2n) is 11.3. The molecule has 12 nitrogen and oxygen atoms in total. The topological polar surface area (TPSA) is 162 Å². The number of benzene rings is 2. The lowest BCUT2D eigenvalue weighted by Gasteiger charge is -2.26. The highest BCUT2D eigenvalue weighted by Crippen LogP contribution is 2.30. The summed E-state index contributed by atoms with van der Waals surface area (Å²) in [4.78, 5) is 70.5. The van der Waals surface area contributed by atoms with Crippen LogP contribution in [0.15, 0.2) is 54.7 Å². The van der Waals surface area contributed by atoms with Crippen LogP contribution in [0.5, 0.6) is 5.75 Å². The standard InChI is InChI=1S/C32H38N6O6/c1-44-26-13-7-12-23-27(26)22(18-34-23)29(40)36-24(16-20-8-5-6-9-20)30(41)37-25(19-38-15-14-33-32(38)43)28(39)31(42)35-17-21-10-3-2-4-11-21/h2-4,7,10-13,18,20,24-25,34H,5-6,8-9,14-17,19H2,1H3,(H,33,43)(H,35,42)(H,36,40)(H,37,41). The lowest BCUT2D eigenvalue weighted by Crippen LogP contribution is -2.57. The lowest BCUT2D eigenvalue weighted by atomic mass is 9.97. The average Bonchev–Trinajstić information content (AvgIpc) is 3.81. The summed E-state index contributed by atoms with van der Waals surface area (Å²) in [6.07, 6.45) is 5.89. The normalized spacial score (nSPS) is 16.3. The van der Waals surface area contributed by atoms with Crippen LogP contribution in [0, 0.1) is 5.92 Å². The maximum Gasteiger partial charge on any atom is 0.317 e. The van der Waals surface area contributed by atoms with Gasteiger partial charge in [0, 0.05) is 31.3 Å². The van der Waals surface area contributed by atoms with Crippen LogP contribution in [0.25, 0.3) is 10.9 Å². The number of nitrogens with zero attached hydrogens (tertiary/aromatic N) is 1. The van der Waals surface area contributed by atoms with Crippen molar-refractivity contribution in [2.75, 3.05) is 26.7 Å². The number of ether oxygens (including phenoxy) is 1. The maximum absolute atomic E-state index is 13.8. The first kappa shape index (κ1) is 30.6. The van der Waals surface area contributed by atoms with Gasteiger partial charge in [-0.3, -0.25) is 19.2 Å². The monoisotopic (exact) mass is 602 g/mol. The number of hydrogen-bond acceptors (Lipinski definition) is 6. The van der Waals surface area contributed by atoms with E-state index in [9.17, 15) is 24.0 Å². The highest BCUT2D eigenvalue weighted by Gasteiger charge is 2.35. The van der Waals surface area contributed by atoms with E-state index in [1.54, 1.807) is 12.3 Å². The molecule has 2 fully saturated rings. The van der Waals surface area contributed by atoms with Gasteiger partial charge in [-0.15, -0.1) is 0 Å². The van der Waals surface area contributed by atoms with Gasteiger partial charge in [-0.05, 0) is 30.0 Å². The van der Waals surface area contributed by atoms with Crippen molar-refractivity contribution in [3.8, 4) is 5.75 Å². The van der Waals surface area contributed by atoms with E-state index in [-0.39, 0.29) is 25.0 Å². The first-order valence-electron chi connectivity index (χ1n) is 15.0. The third-order valence-electron chi connectivity index (χ3n) is 8.30. The van der Waals surface area contributed by atoms with Crippen molar-refractivity contribution in [2.24, 2.45) is 5.92 Å². The number of aromatic amines is 1. The molecule has 2 aliphatic rings. The molecule has 3 aromatic rings. The fraction of sp³-hybridized carbons (Fsp3) is 0.406. The van der Waals surface area contributed by atoms with Crippen molar-refractivity contribution in [3.63, 3.8) is 0 Å². The Labute approximate surface area is 255 Å². The summed E-state index contributed by atoms with van der Waals surface area (Å²) >= 11 is 0. The van der Waals surface area contributed by atoms with E-state index in [2.05, 4.69) is 26.3 Å². The minimum atomic E-state index is -1.31. The van der Waals surface area contributed by atoms with Crippen molar-refractivity contribution >= 4 is 40.4 Å². The van der Waals surface area contributed by atoms with E-state index in [0.29, 0.717) is 41.7 Å². The smallest absolute Gasteiger partial charge is 0.317 e. The van der Waals surface area contributed by atoms with Gasteiger partial charge < -0.3 is 35.9 Å². The molecule has 1 aliphatic carbocycles. The lowest BCUT2D eigenvalue weighted by molar-refractivity contribution is -0.140.